The Morgan fingerprint density at radius 1 is 1.18 bits per heavy atom. The van der Waals surface area contributed by atoms with Gasteiger partial charge >= 0.3 is 5.97 Å². The topological polar surface area (TPSA) is 62.7 Å². The molecule has 7 heteroatoms. The van der Waals surface area contributed by atoms with Crippen molar-refractivity contribution in [1.82, 2.24) is 9.88 Å². The van der Waals surface area contributed by atoms with E-state index in [1.165, 1.54) is 21.3 Å². The Bertz CT molecular complexity index is 1160. The maximum atomic E-state index is 13.7. The zero-order valence-corrected chi connectivity index (χ0v) is 23.7. The van der Waals surface area contributed by atoms with Crippen molar-refractivity contribution in [2.24, 2.45) is 11.8 Å². The number of aromatic nitrogens is 1. The summed E-state index contributed by atoms with van der Waals surface area (Å²) in [6, 6.07) is 13.4. The third kappa shape index (κ3) is 7.61. The van der Waals surface area contributed by atoms with E-state index in [0.29, 0.717) is 25.5 Å². The summed E-state index contributed by atoms with van der Waals surface area (Å²) in [6.07, 6.45) is 5.70. The number of aryl methyl sites for hydroxylation is 2. The number of thiazole rings is 1. The predicted molar refractivity (Wildman–Crippen MR) is 152 cm³/mol. The summed E-state index contributed by atoms with van der Waals surface area (Å²) < 4.78 is 21.0. The number of benzene rings is 2. The van der Waals surface area contributed by atoms with Gasteiger partial charge in [0.2, 0.25) is 0 Å². The number of nitrogens with zero attached hydrogens (tertiary/aromatic N) is 2. The van der Waals surface area contributed by atoms with Crippen LogP contribution in [-0.4, -0.2) is 53.8 Å². The zero-order chi connectivity index (χ0) is 27.1. The van der Waals surface area contributed by atoms with E-state index in [9.17, 15) is 14.3 Å². The number of hydrogen-bond acceptors (Lipinski definition) is 5. The van der Waals surface area contributed by atoms with Crippen LogP contribution in [0.2, 0.25) is 0 Å². The zero-order valence-electron chi connectivity index (χ0n) is 22.9. The molecule has 1 aromatic heterocycles. The van der Waals surface area contributed by atoms with Crippen LogP contribution in [0.25, 0.3) is 10.2 Å². The van der Waals surface area contributed by atoms with Crippen LogP contribution >= 0.6 is 11.3 Å². The third-order valence-electron chi connectivity index (χ3n) is 7.80. The average molecular weight is 541 g/mol. The molecule has 0 saturated heterocycles. The molecule has 2 aromatic carbocycles. The number of aliphatic carboxylic acids is 1. The summed E-state index contributed by atoms with van der Waals surface area (Å²) in [7, 11) is 2.05. The van der Waals surface area contributed by atoms with Crippen LogP contribution in [0.15, 0.2) is 42.5 Å². The summed E-state index contributed by atoms with van der Waals surface area (Å²) in [6.45, 7) is 6.41. The molecular weight excluding hydrogens is 499 g/mol. The van der Waals surface area contributed by atoms with E-state index in [0.717, 1.165) is 56.1 Å². The Hall–Kier alpha value is -2.35. The second-order valence-electron chi connectivity index (χ2n) is 11.0. The van der Waals surface area contributed by atoms with Gasteiger partial charge in [0.1, 0.15) is 5.82 Å². The van der Waals surface area contributed by atoms with Crippen molar-refractivity contribution in [1.29, 1.82) is 0 Å². The highest BCUT2D eigenvalue weighted by atomic mass is 32.1. The SMILES string of the molecule is CC(C)[C@@H]1c2ccc(F)cc2CCC1CO[C@@H](CCN(C)CCCCCc1nc2ccccc2s1)C(=O)O. The van der Waals surface area contributed by atoms with Crippen LogP contribution in [0.1, 0.15) is 68.0 Å². The first-order chi connectivity index (χ1) is 18.3. The molecule has 0 radical (unpaired) electrons. The highest BCUT2D eigenvalue weighted by Gasteiger charge is 2.33. The second kappa shape index (κ2) is 13.6. The summed E-state index contributed by atoms with van der Waals surface area (Å²) in [5.74, 6) is -0.225. The molecule has 1 unspecified atom stereocenters. The lowest BCUT2D eigenvalue weighted by Gasteiger charge is -2.36. The van der Waals surface area contributed by atoms with Gasteiger partial charge in [-0.3, -0.25) is 0 Å². The molecule has 0 aliphatic heterocycles. The van der Waals surface area contributed by atoms with E-state index < -0.39 is 12.1 Å². The van der Waals surface area contributed by atoms with E-state index in [1.807, 2.05) is 12.1 Å². The first-order valence-corrected chi connectivity index (χ1v) is 14.8. The number of rotatable bonds is 14. The van der Waals surface area contributed by atoms with Gasteiger partial charge in [0, 0.05) is 6.54 Å². The number of hydrogen-bond donors (Lipinski definition) is 1. The van der Waals surface area contributed by atoms with Crippen molar-refractivity contribution < 1.29 is 19.0 Å². The molecule has 0 amide bonds. The van der Waals surface area contributed by atoms with Crippen LogP contribution in [0, 0.1) is 17.7 Å². The number of carbonyl (C=O) groups is 1. The van der Waals surface area contributed by atoms with Gasteiger partial charge in [-0.25, -0.2) is 14.2 Å². The van der Waals surface area contributed by atoms with Crippen LogP contribution in [0.3, 0.4) is 0 Å². The number of unbranched alkanes of at least 4 members (excludes halogenated alkanes) is 2. The van der Waals surface area contributed by atoms with Crippen LogP contribution in [0.5, 0.6) is 0 Å². The number of fused-ring (bicyclic) bond motifs is 2. The Morgan fingerprint density at radius 3 is 2.76 bits per heavy atom. The molecule has 5 nitrogen and oxygen atoms in total. The van der Waals surface area contributed by atoms with E-state index in [1.54, 1.807) is 17.4 Å². The highest BCUT2D eigenvalue weighted by molar-refractivity contribution is 7.18. The summed E-state index contributed by atoms with van der Waals surface area (Å²) in [4.78, 5) is 18.9. The molecule has 0 fully saturated rings. The molecule has 0 spiro atoms. The van der Waals surface area contributed by atoms with E-state index in [2.05, 4.69) is 44.0 Å². The van der Waals surface area contributed by atoms with Crippen molar-refractivity contribution in [3.05, 3.63) is 64.4 Å². The maximum Gasteiger partial charge on any atom is 0.332 e. The van der Waals surface area contributed by atoms with Crippen LogP contribution in [-0.2, 0) is 22.4 Å². The minimum Gasteiger partial charge on any atom is -0.479 e. The summed E-state index contributed by atoms with van der Waals surface area (Å²) in [5, 5.41) is 11.0. The molecule has 1 aliphatic carbocycles. The molecule has 0 bridgehead atoms. The standard InChI is InChI=1S/C31H41FN2O3S/c1-21(2)30-23(13-12-22-19-24(32)14-15-25(22)30)20-37-27(31(35)36)16-18-34(3)17-8-4-5-11-29-33-26-9-6-7-10-28(26)38-29/h6-7,9-10,14-15,19,21,23,27,30H,4-5,8,11-13,16-18,20H2,1-3H3,(H,35,36)/t23?,27-,30-/m0/s1. The van der Waals surface area contributed by atoms with Gasteiger partial charge in [-0.05, 0) is 105 Å². The van der Waals surface area contributed by atoms with Gasteiger partial charge in [-0.15, -0.1) is 11.3 Å². The maximum absolute atomic E-state index is 13.7. The van der Waals surface area contributed by atoms with Gasteiger partial charge in [0.25, 0.3) is 0 Å². The third-order valence-corrected chi connectivity index (χ3v) is 8.90. The quantitative estimate of drug-likeness (QED) is 0.224. The van der Waals surface area contributed by atoms with Crippen molar-refractivity contribution in [3.63, 3.8) is 0 Å². The smallest absolute Gasteiger partial charge is 0.332 e. The van der Waals surface area contributed by atoms with Crippen molar-refractivity contribution >= 4 is 27.5 Å². The number of carboxylic acids is 1. The molecule has 3 atom stereocenters. The van der Waals surface area contributed by atoms with Crippen molar-refractivity contribution in [3.8, 4) is 0 Å². The first kappa shape index (κ1) is 28.7. The lowest BCUT2D eigenvalue weighted by atomic mass is 9.70. The molecule has 1 N–H and O–H groups in total. The molecule has 4 rings (SSSR count). The fraction of sp³-hybridized carbons (Fsp3) is 0.548. The second-order valence-corrected chi connectivity index (χ2v) is 12.2. The van der Waals surface area contributed by atoms with E-state index in [-0.39, 0.29) is 17.7 Å². The normalized spacial score (nSPS) is 18.3. The largest absolute Gasteiger partial charge is 0.479 e. The fourth-order valence-corrected chi connectivity index (χ4v) is 6.82. The van der Waals surface area contributed by atoms with Crippen molar-refractivity contribution in [2.45, 2.75) is 70.8 Å². The summed E-state index contributed by atoms with van der Waals surface area (Å²) in [5.41, 5.74) is 3.36. The van der Waals surface area contributed by atoms with Gasteiger partial charge < -0.3 is 14.7 Å². The number of para-hydroxylation sites is 1. The Kier molecular flexibility index (Phi) is 10.3. The first-order valence-electron chi connectivity index (χ1n) is 14.0. The molecular formula is C31H41FN2O3S. The Labute approximate surface area is 230 Å². The molecule has 38 heavy (non-hydrogen) atoms. The molecule has 206 valence electrons. The van der Waals surface area contributed by atoms with Gasteiger partial charge in [0.15, 0.2) is 6.10 Å². The minimum atomic E-state index is -0.895. The van der Waals surface area contributed by atoms with Crippen molar-refractivity contribution in [2.75, 3.05) is 26.7 Å². The minimum absolute atomic E-state index is 0.191. The lowest BCUT2D eigenvalue weighted by molar-refractivity contribution is -0.152. The number of carboxylic acid groups (broad SMARTS) is 1. The van der Waals surface area contributed by atoms with Crippen LogP contribution < -0.4 is 0 Å². The van der Waals surface area contributed by atoms with Gasteiger partial charge in [0.05, 0.1) is 21.8 Å². The number of ether oxygens (including phenoxy) is 1. The van der Waals surface area contributed by atoms with Gasteiger partial charge in [-0.2, -0.15) is 0 Å². The fourth-order valence-electron chi connectivity index (χ4n) is 5.81. The lowest BCUT2D eigenvalue weighted by Crippen LogP contribution is -2.34. The van der Waals surface area contributed by atoms with Gasteiger partial charge in [-0.1, -0.05) is 38.5 Å². The molecule has 3 aromatic rings. The number of halogens is 1. The highest BCUT2D eigenvalue weighted by Crippen LogP contribution is 2.41. The molecule has 1 heterocycles. The van der Waals surface area contributed by atoms with E-state index in [4.69, 9.17) is 9.72 Å². The molecule has 1 aliphatic rings. The summed E-state index contributed by atoms with van der Waals surface area (Å²) >= 11 is 1.78. The average Bonchev–Trinajstić information content (AvgIpc) is 3.30. The van der Waals surface area contributed by atoms with Crippen LogP contribution in [0.4, 0.5) is 4.39 Å². The molecule has 0 saturated carbocycles. The predicted octanol–water partition coefficient (Wildman–Crippen LogP) is 6.94. The van der Waals surface area contributed by atoms with E-state index >= 15 is 0 Å². The Balaban J connectivity index is 1.18. The monoisotopic (exact) mass is 540 g/mol. The Morgan fingerprint density at radius 2 is 2.00 bits per heavy atom.